The molecule has 4 rings (SSSR count). The highest BCUT2D eigenvalue weighted by atomic mass is 35.5. The highest BCUT2D eigenvalue weighted by molar-refractivity contribution is 7.98. The van der Waals surface area contributed by atoms with Crippen molar-refractivity contribution in [3.05, 3.63) is 44.7 Å². The van der Waals surface area contributed by atoms with Crippen LogP contribution in [0.5, 0.6) is 0 Å². The third-order valence-corrected chi connectivity index (χ3v) is 7.61. The van der Waals surface area contributed by atoms with E-state index in [1.165, 1.54) is 21.2 Å². The Morgan fingerprint density at radius 3 is 2.54 bits per heavy atom. The lowest BCUT2D eigenvalue weighted by Gasteiger charge is -2.43. The Morgan fingerprint density at radius 2 is 1.91 bits per heavy atom. The first-order valence-electron chi connectivity index (χ1n) is 11.1. The van der Waals surface area contributed by atoms with Gasteiger partial charge in [0.15, 0.2) is 5.65 Å². The fourth-order valence-electron chi connectivity index (χ4n) is 4.46. The van der Waals surface area contributed by atoms with E-state index in [2.05, 4.69) is 15.0 Å². The molecule has 35 heavy (non-hydrogen) atoms. The van der Waals surface area contributed by atoms with Gasteiger partial charge in [-0.05, 0) is 38.2 Å². The fraction of sp³-hybridized carbons (Fsp3) is 0.435. The van der Waals surface area contributed by atoms with Crippen LogP contribution in [0.1, 0.15) is 39.3 Å². The Bertz CT molecular complexity index is 1370. The number of amides is 1. The molecule has 1 fully saturated rings. The van der Waals surface area contributed by atoms with Crippen molar-refractivity contribution < 1.29 is 9.90 Å². The van der Waals surface area contributed by atoms with Gasteiger partial charge in [0.1, 0.15) is 11.0 Å². The maximum absolute atomic E-state index is 13.7. The Hall–Kier alpha value is -2.56. The number of anilines is 1. The van der Waals surface area contributed by atoms with Crippen LogP contribution in [0.3, 0.4) is 0 Å². The summed E-state index contributed by atoms with van der Waals surface area (Å²) in [4.78, 5) is 43.0. The van der Waals surface area contributed by atoms with Crippen LogP contribution in [0.25, 0.3) is 16.7 Å². The highest BCUT2D eigenvalue weighted by Gasteiger charge is 2.34. The van der Waals surface area contributed by atoms with E-state index in [-0.39, 0.29) is 34.7 Å². The van der Waals surface area contributed by atoms with E-state index in [1.807, 2.05) is 44.9 Å². The van der Waals surface area contributed by atoms with Crippen LogP contribution in [0.15, 0.2) is 28.0 Å². The van der Waals surface area contributed by atoms with Crippen molar-refractivity contribution in [2.75, 3.05) is 24.2 Å². The van der Waals surface area contributed by atoms with Gasteiger partial charge < -0.3 is 14.9 Å². The zero-order valence-corrected chi connectivity index (χ0v) is 22.3. The molecule has 0 spiro atoms. The topological polar surface area (TPSA) is 104 Å². The molecule has 0 saturated carbocycles. The number of aromatic nitrogens is 4. The summed E-state index contributed by atoms with van der Waals surface area (Å²) in [5.74, 6) is 0.434. The maximum atomic E-state index is 13.7. The number of hydrogen-bond acceptors (Lipinski definition) is 7. The van der Waals surface area contributed by atoms with Crippen molar-refractivity contribution in [1.29, 1.82) is 0 Å². The van der Waals surface area contributed by atoms with E-state index in [4.69, 9.17) is 23.2 Å². The van der Waals surface area contributed by atoms with Crippen molar-refractivity contribution >= 4 is 57.9 Å². The lowest BCUT2D eigenvalue weighted by atomic mass is 10.1. The van der Waals surface area contributed by atoms with Gasteiger partial charge in [0.25, 0.3) is 0 Å². The van der Waals surface area contributed by atoms with E-state index in [0.717, 1.165) is 10.6 Å². The van der Waals surface area contributed by atoms with Crippen LogP contribution in [-0.2, 0) is 0 Å². The van der Waals surface area contributed by atoms with Gasteiger partial charge in [-0.2, -0.15) is 4.98 Å². The quantitative estimate of drug-likeness (QED) is 0.370. The van der Waals surface area contributed by atoms with E-state index in [1.54, 1.807) is 12.3 Å². The summed E-state index contributed by atoms with van der Waals surface area (Å²) in [6.45, 7) is 8.37. The minimum Gasteiger partial charge on any atom is -0.465 e. The molecule has 0 bridgehead atoms. The standard InChI is InChI=1S/C23H26Cl2N6O3S/c1-11(2)17-18(16(35-5)6-7-26-17)31-21-14(8-15(24)19(25)27-21)20(28-22(31)32)29-9-13(4)30(23(33)34)10-12(29)3/h6-8,11-13H,9-10H2,1-5H3,(H,33,34)/t12?,13-/m0/s1. The molecule has 1 N–H and O–H groups in total. The predicted octanol–water partition coefficient (Wildman–Crippen LogP) is 4.90. The molecule has 3 aromatic rings. The molecule has 0 aromatic carbocycles. The lowest BCUT2D eigenvalue weighted by Crippen LogP contribution is -2.58. The molecule has 9 nitrogen and oxygen atoms in total. The first kappa shape index (κ1) is 25.5. The fourth-order valence-corrected chi connectivity index (χ4v) is 5.33. The molecule has 1 amide bonds. The number of carbonyl (C=O) groups is 1. The van der Waals surface area contributed by atoms with Gasteiger partial charge in [-0.1, -0.05) is 37.0 Å². The number of halogens is 2. The largest absolute Gasteiger partial charge is 0.465 e. The molecule has 4 heterocycles. The molecule has 12 heteroatoms. The number of pyridine rings is 2. The molecule has 2 atom stereocenters. The smallest absolute Gasteiger partial charge is 0.407 e. The normalized spacial score (nSPS) is 18.5. The van der Waals surface area contributed by atoms with Gasteiger partial charge in [0.05, 0.1) is 21.8 Å². The lowest BCUT2D eigenvalue weighted by molar-refractivity contribution is 0.114. The number of carboxylic acid groups (broad SMARTS) is 1. The van der Waals surface area contributed by atoms with E-state index < -0.39 is 11.8 Å². The molecular formula is C23H26Cl2N6O3S. The summed E-state index contributed by atoms with van der Waals surface area (Å²) < 4.78 is 1.46. The first-order chi connectivity index (χ1) is 16.5. The van der Waals surface area contributed by atoms with Gasteiger partial charge in [-0.25, -0.2) is 19.1 Å². The minimum absolute atomic E-state index is 0.0338. The van der Waals surface area contributed by atoms with E-state index in [9.17, 15) is 14.7 Å². The van der Waals surface area contributed by atoms with Crippen LogP contribution >= 0.6 is 35.0 Å². The summed E-state index contributed by atoms with van der Waals surface area (Å²) in [7, 11) is 0. The van der Waals surface area contributed by atoms with Gasteiger partial charge in [0.2, 0.25) is 0 Å². The van der Waals surface area contributed by atoms with Crippen molar-refractivity contribution in [3.63, 3.8) is 0 Å². The zero-order chi connectivity index (χ0) is 25.6. The summed E-state index contributed by atoms with van der Waals surface area (Å²) >= 11 is 14.2. The second kappa shape index (κ2) is 9.83. The molecule has 1 aliphatic heterocycles. The van der Waals surface area contributed by atoms with Gasteiger partial charge in [-0.3, -0.25) is 4.98 Å². The molecule has 186 valence electrons. The summed E-state index contributed by atoms with van der Waals surface area (Å²) in [5.41, 5.74) is 1.15. The monoisotopic (exact) mass is 536 g/mol. The van der Waals surface area contributed by atoms with Crippen LogP contribution in [-0.4, -0.2) is 67.0 Å². The third-order valence-electron chi connectivity index (χ3n) is 6.17. The molecule has 1 unspecified atom stereocenters. The van der Waals surface area contributed by atoms with Crippen LogP contribution in [0.2, 0.25) is 10.2 Å². The summed E-state index contributed by atoms with van der Waals surface area (Å²) in [6, 6.07) is 2.99. The summed E-state index contributed by atoms with van der Waals surface area (Å²) in [6.07, 6.45) is 2.68. The number of fused-ring (bicyclic) bond motifs is 1. The van der Waals surface area contributed by atoms with Crippen molar-refractivity contribution in [2.45, 2.75) is 50.6 Å². The number of nitrogens with zero attached hydrogens (tertiary/aromatic N) is 6. The Balaban J connectivity index is 2.02. The van der Waals surface area contributed by atoms with Crippen LogP contribution < -0.4 is 10.6 Å². The average Bonchev–Trinajstić information content (AvgIpc) is 2.80. The molecule has 0 aliphatic carbocycles. The SMILES string of the molecule is CSc1ccnc(C(C)C)c1-n1c(=O)nc(N2C[C@H](C)N(C(=O)O)CC2C)c2cc(Cl)c(Cl)nc21. The molecule has 1 saturated heterocycles. The van der Waals surface area contributed by atoms with Gasteiger partial charge in [0, 0.05) is 36.3 Å². The average molecular weight is 537 g/mol. The first-order valence-corrected chi connectivity index (χ1v) is 13.1. The molecule has 0 radical (unpaired) electrons. The van der Waals surface area contributed by atoms with Gasteiger partial charge in [-0.15, -0.1) is 11.8 Å². The van der Waals surface area contributed by atoms with Crippen LogP contribution in [0, 0.1) is 0 Å². The minimum atomic E-state index is -0.976. The Kier molecular flexibility index (Phi) is 7.17. The second-order valence-electron chi connectivity index (χ2n) is 8.87. The van der Waals surface area contributed by atoms with Crippen molar-refractivity contribution in [1.82, 2.24) is 24.4 Å². The van der Waals surface area contributed by atoms with Crippen molar-refractivity contribution in [2.24, 2.45) is 0 Å². The Morgan fingerprint density at radius 1 is 1.20 bits per heavy atom. The predicted molar refractivity (Wildman–Crippen MR) is 140 cm³/mol. The highest BCUT2D eigenvalue weighted by Crippen LogP contribution is 2.35. The van der Waals surface area contributed by atoms with Gasteiger partial charge >= 0.3 is 11.8 Å². The van der Waals surface area contributed by atoms with E-state index in [0.29, 0.717) is 29.1 Å². The number of hydrogen-bond donors (Lipinski definition) is 1. The van der Waals surface area contributed by atoms with Crippen molar-refractivity contribution in [3.8, 4) is 5.69 Å². The third kappa shape index (κ3) is 4.54. The van der Waals surface area contributed by atoms with Crippen LogP contribution in [0.4, 0.5) is 10.6 Å². The summed E-state index contributed by atoms with van der Waals surface area (Å²) in [5, 5.41) is 10.4. The maximum Gasteiger partial charge on any atom is 0.407 e. The zero-order valence-electron chi connectivity index (χ0n) is 20.0. The number of rotatable bonds is 4. The number of piperazine rings is 1. The molecular weight excluding hydrogens is 511 g/mol. The second-order valence-corrected chi connectivity index (χ2v) is 10.5. The van der Waals surface area contributed by atoms with E-state index >= 15 is 0 Å². The number of thioether (sulfide) groups is 1. The molecule has 1 aliphatic rings. The molecule has 3 aromatic heterocycles. The Labute approximate surface area is 217 Å².